The minimum Gasteiger partial charge on any atom is -0.335 e. The van der Waals surface area contributed by atoms with Crippen LogP contribution < -0.4 is 10.0 Å². The van der Waals surface area contributed by atoms with Gasteiger partial charge in [0, 0.05) is 30.8 Å². The molecule has 0 aromatic carbocycles. The van der Waals surface area contributed by atoms with Crippen LogP contribution in [0, 0.1) is 5.92 Å². The predicted molar refractivity (Wildman–Crippen MR) is 99.8 cm³/mol. The van der Waals surface area contributed by atoms with E-state index in [0.717, 1.165) is 38.5 Å². The van der Waals surface area contributed by atoms with Crippen LogP contribution in [0.2, 0.25) is 0 Å². The topological polar surface area (TPSA) is 97.1 Å². The van der Waals surface area contributed by atoms with E-state index in [9.17, 15) is 17.2 Å². The van der Waals surface area contributed by atoms with E-state index in [2.05, 4.69) is 20.2 Å². The molecule has 1 aromatic heterocycles. The van der Waals surface area contributed by atoms with Crippen LogP contribution >= 0.6 is 0 Å². The quantitative estimate of drug-likeness (QED) is 0.706. The fourth-order valence-electron chi connectivity index (χ4n) is 4.31. The summed E-state index contributed by atoms with van der Waals surface area (Å²) < 4.78 is 58.3. The van der Waals surface area contributed by atoms with Gasteiger partial charge in [0.25, 0.3) is 0 Å². The number of anilines is 1. The molecule has 158 valence electrons. The van der Waals surface area contributed by atoms with Crippen molar-refractivity contribution in [2.45, 2.75) is 87.3 Å². The summed E-state index contributed by atoms with van der Waals surface area (Å²) >= 11 is 0. The number of halogens is 2. The van der Waals surface area contributed by atoms with E-state index in [-0.39, 0.29) is 24.9 Å². The van der Waals surface area contributed by atoms with Crippen LogP contribution in [0.1, 0.15) is 71.0 Å². The first kappa shape index (κ1) is 20.0. The van der Waals surface area contributed by atoms with Gasteiger partial charge in [-0.1, -0.05) is 12.1 Å². The van der Waals surface area contributed by atoms with E-state index in [1.54, 1.807) is 13.8 Å². The molecule has 0 saturated heterocycles. The van der Waals surface area contributed by atoms with Gasteiger partial charge >= 0.3 is 6.01 Å². The van der Waals surface area contributed by atoms with Crippen molar-refractivity contribution in [2.24, 2.45) is 5.92 Å². The van der Waals surface area contributed by atoms with Gasteiger partial charge in [0.15, 0.2) is 5.82 Å². The molecule has 0 amide bonds. The van der Waals surface area contributed by atoms with Crippen LogP contribution in [-0.2, 0) is 15.4 Å². The Kier molecular flexibility index (Phi) is 4.73. The molecule has 0 aliphatic heterocycles. The zero-order chi connectivity index (χ0) is 20.2. The normalized spacial score (nSPS) is 30.4. The highest BCUT2D eigenvalue weighted by atomic mass is 32.2. The minimum absolute atomic E-state index is 0.165. The fourth-order valence-corrected chi connectivity index (χ4v) is 5.75. The molecule has 3 fully saturated rings. The maximum absolute atomic E-state index is 13.2. The van der Waals surface area contributed by atoms with Gasteiger partial charge in [0.1, 0.15) is 0 Å². The first-order chi connectivity index (χ1) is 13.0. The molecule has 4 rings (SSSR count). The highest BCUT2D eigenvalue weighted by molar-refractivity contribution is 7.91. The van der Waals surface area contributed by atoms with Gasteiger partial charge in [0.2, 0.25) is 15.9 Å². The van der Waals surface area contributed by atoms with Crippen molar-refractivity contribution in [3.63, 3.8) is 0 Å². The average molecular weight is 419 g/mol. The van der Waals surface area contributed by atoms with E-state index >= 15 is 0 Å². The van der Waals surface area contributed by atoms with Crippen LogP contribution in [0.15, 0.2) is 4.52 Å². The van der Waals surface area contributed by atoms with Gasteiger partial charge in [-0.15, -0.1) is 0 Å². The Morgan fingerprint density at radius 3 is 2.36 bits per heavy atom. The summed E-state index contributed by atoms with van der Waals surface area (Å²) in [7, 11) is -3.22. The van der Waals surface area contributed by atoms with Crippen LogP contribution in [0.25, 0.3) is 0 Å². The summed E-state index contributed by atoms with van der Waals surface area (Å²) in [6.07, 6.45) is 4.53. The first-order valence-corrected chi connectivity index (χ1v) is 11.5. The third-order valence-corrected chi connectivity index (χ3v) is 8.86. The van der Waals surface area contributed by atoms with E-state index in [4.69, 9.17) is 4.52 Å². The number of aromatic nitrogens is 2. The summed E-state index contributed by atoms with van der Waals surface area (Å²) in [6, 6.07) is 0.440. The number of nitrogens with one attached hydrogen (secondary N) is 2. The smallest absolute Gasteiger partial charge is 0.321 e. The number of alkyl halides is 2. The molecule has 7 nitrogen and oxygen atoms in total. The molecule has 3 aliphatic carbocycles. The van der Waals surface area contributed by atoms with Crippen molar-refractivity contribution < 1.29 is 21.7 Å². The maximum Gasteiger partial charge on any atom is 0.321 e. The second-order valence-corrected chi connectivity index (χ2v) is 11.6. The zero-order valence-electron chi connectivity index (χ0n) is 16.3. The van der Waals surface area contributed by atoms with Crippen molar-refractivity contribution in [1.82, 2.24) is 14.9 Å². The van der Waals surface area contributed by atoms with Crippen LogP contribution in [0.3, 0.4) is 0 Å². The number of hydrogen-bond acceptors (Lipinski definition) is 6. The lowest BCUT2D eigenvalue weighted by molar-refractivity contribution is -0.123. The minimum atomic E-state index is -3.22. The SMILES string of the molecule is CC1(c2noc(N[C@H]3CC[C@H](CNS(=O)(=O)C4(C)CC4)CC3)n2)CC(F)(F)C1. The molecule has 1 heterocycles. The molecule has 1 aromatic rings. The molecule has 10 heteroatoms. The zero-order valence-corrected chi connectivity index (χ0v) is 17.1. The molecule has 0 unspecified atom stereocenters. The van der Waals surface area contributed by atoms with Gasteiger partial charge in [0.05, 0.1) is 4.75 Å². The first-order valence-electron chi connectivity index (χ1n) is 9.98. The third-order valence-electron chi connectivity index (χ3n) is 6.60. The highest BCUT2D eigenvalue weighted by Gasteiger charge is 2.57. The van der Waals surface area contributed by atoms with Gasteiger partial charge in [-0.3, -0.25) is 0 Å². The molecule has 28 heavy (non-hydrogen) atoms. The summed E-state index contributed by atoms with van der Waals surface area (Å²) in [5.41, 5.74) is -0.722. The number of rotatable bonds is 7. The maximum atomic E-state index is 13.2. The van der Waals surface area contributed by atoms with Crippen molar-refractivity contribution in [2.75, 3.05) is 11.9 Å². The van der Waals surface area contributed by atoms with Gasteiger partial charge in [-0.05, 0) is 51.4 Å². The molecule has 0 radical (unpaired) electrons. The Morgan fingerprint density at radius 2 is 1.79 bits per heavy atom. The Morgan fingerprint density at radius 1 is 1.14 bits per heavy atom. The largest absolute Gasteiger partial charge is 0.335 e. The molecule has 3 aliphatic rings. The van der Waals surface area contributed by atoms with Crippen LogP contribution in [0.4, 0.5) is 14.8 Å². The number of sulfonamides is 1. The fraction of sp³-hybridized carbons (Fsp3) is 0.889. The number of hydrogen-bond donors (Lipinski definition) is 2. The molecule has 0 spiro atoms. The Bertz CT molecular complexity index is 822. The van der Waals surface area contributed by atoms with Crippen molar-refractivity contribution in [1.29, 1.82) is 0 Å². The average Bonchev–Trinajstić information content (AvgIpc) is 3.18. The lowest BCUT2D eigenvalue weighted by Gasteiger charge is -2.42. The Hall–Kier alpha value is -1.29. The van der Waals surface area contributed by atoms with Crippen molar-refractivity contribution in [3.8, 4) is 0 Å². The monoisotopic (exact) mass is 418 g/mol. The third kappa shape index (κ3) is 3.90. The lowest BCUT2D eigenvalue weighted by atomic mass is 9.67. The van der Waals surface area contributed by atoms with Crippen molar-refractivity contribution in [3.05, 3.63) is 5.82 Å². The second-order valence-electron chi connectivity index (χ2n) is 9.36. The molecule has 2 N–H and O–H groups in total. The lowest BCUT2D eigenvalue weighted by Crippen LogP contribution is -2.47. The van der Waals surface area contributed by atoms with E-state index in [1.165, 1.54) is 0 Å². The summed E-state index contributed by atoms with van der Waals surface area (Å²) in [4.78, 5) is 4.27. The number of nitrogens with zero attached hydrogens (tertiary/aromatic N) is 2. The molecule has 0 atom stereocenters. The van der Waals surface area contributed by atoms with Gasteiger partial charge < -0.3 is 9.84 Å². The predicted octanol–water partition coefficient (Wildman–Crippen LogP) is 3.20. The highest BCUT2D eigenvalue weighted by Crippen LogP contribution is 2.52. The Labute approximate surface area is 164 Å². The second kappa shape index (κ2) is 6.62. The summed E-state index contributed by atoms with van der Waals surface area (Å²) in [5.74, 6) is -1.98. The summed E-state index contributed by atoms with van der Waals surface area (Å²) in [5, 5.41) is 7.09. The molecule has 3 saturated carbocycles. The Balaban J connectivity index is 1.23. The van der Waals surface area contributed by atoms with Gasteiger partial charge in [-0.25, -0.2) is 21.9 Å². The van der Waals surface area contributed by atoms with E-state index < -0.39 is 26.1 Å². The van der Waals surface area contributed by atoms with Crippen molar-refractivity contribution >= 4 is 16.0 Å². The van der Waals surface area contributed by atoms with E-state index in [1.807, 2.05) is 0 Å². The van der Waals surface area contributed by atoms with Gasteiger partial charge in [-0.2, -0.15) is 4.98 Å². The van der Waals surface area contributed by atoms with Crippen LogP contribution in [0.5, 0.6) is 0 Å². The molecule has 0 bridgehead atoms. The van der Waals surface area contributed by atoms with E-state index in [0.29, 0.717) is 18.3 Å². The molecular weight excluding hydrogens is 390 g/mol. The van der Waals surface area contributed by atoms with Crippen LogP contribution in [-0.4, -0.2) is 41.8 Å². The standard InChI is InChI=1S/C18H28F2N4O3S/c1-16(10-18(19,20)11-16)14-23-15(27-24-14)22-13-5-3-12(4-6-13)9-21-28(25,26)17(2)7-8-17/h12-13,21H,3-11H2,1-2H3,(H,22,23,24)/t12-,13-. The molecular formula is C18H28F2N4O3S. The summed E-state index contributed by atoms with van der Waals surface area (Å²) in [6.45, 7) is 4.01.